The molecule has 1 amide bonds. The first-order chi connectivity index (χ1) is 12.4. The highest BCUT2D eigenvalue weighted by atomic mass is 32.2. The molecule has 26 heavy (non-hydrogen) atoms. The Hall–Kier alpha value is -2.06. The number of hydrogen-bond acceptors (Lipinski definition) is 5. The van der Waals surface area contributed by atoms with Crippen LogP contribution in [0.2, 0.25) is 0 Å². The van der Waals surface area contributed by atoms with Gasteiger partial charge in [0.15, 0.2) is 5.16 Å². The topological polar surface area (TPSA) is 89.0 Å². The zero-order valence-corrected chi connectivity index (χ0v) is 16.1. The minimum absolute atomic E-state index is 0.0315. The summed E-state index contributed by atoms with van der Waals surface area (Å²) in [6.45, 7) is 6.98. The van der Waals surface area contributed by atoms with E-state index in [9.17, 15) is 9.59 Å². The number of nitrogens with zero attached hydrogens (tertiary/aromatic N) is 2. The monoisotopic (exact) mass is 376 g/mol. The Morgan fingerprint density at radius 1 is 1.50 bits per heavy atom. The first-order valence-corrected chi connectivity index (χ1v) is 9.63. The van der Waals surface area contributed by atoms with Gasteiger partial charge in [-0.25, -0.2) is 9.89 Å². The Labute approximate surface area is 156 Å². The van der Waals surface area contributed by atoms with Crippen LogP contribution >= 0.6 is 11.8 Å². The van der Waals surface area contributed by atoms with Crippen molar-refractivity contribution in [2.45, 2.75) is 56.7 Å². The van der Waals surface area contributed by atoms with Gasteiger partial charge in [0.05, 0.1) is 17.9 Å². The summed E-state index contributed by atoms with van der Waals surface area (Å²) < 4.78 is 7.16. The molecule has 140 valence electrons. The molecule has 7 nitrogen and oxygen atoms in total. The number of aromatic nitrogens is 3. The lowest BCUT2D eigenvalue weighted by Gasteiger charge is -2.15. The molecule has 1 aliphatic rings. The summed E-state index contributed by atoms with van der Waals surface area (Å²) in [5.41, 5.74) is 2.69. The van der Waals surface area contributed by atoms with E-state index < -0.39 is 5.25 Å². The number of aryl methyl sites for hydroxylation is 2. The van der Waals surface area contributed by atoms with Crippen molar-refractivity contribution in [2.75, 3.05) is 11.9 Å². The smallest absolute Gasteiger partial charge is 0.344 e. The van der Waals surface area contributed by atoms with Gasteiger partial charge in [0, 0.05) is 12.3 Å². The van der Waals surface area contributed by atoms with Crippen LogP contribution in [-0.2, 0) is 16.1 Å². The van der Waals surface area contributed by atoms with Crippen LogP contribution in [0.1, 0.15) is 30.9 Å². The standard InChI is InChI=1S/C18H24N4O3S/c1-11-6-7-15(12(2)9-11)19-16(23)13(3)26-18-21-20-17(24)22(18)10-14-5-4-8-25-14/h6-7,9,13-14H,4-5,8,10H2,1-3H3,(H,19,23)(H,20,24)/t13-,14+/m1/s1. The van der Waals surface area contributed by atoms with Crippen molar-refractivity contribution < 1.29 is 9.53 Å². The molecule has 2 N–H and O–H groups in total. The Balaban J connectivity index is 1.66. The van der Waals surface area contributed by atoms with Crippen LogP contribution in [0.25, 0.3) is 0 Å². The van der Waals surface area contributed by atoms with Crippen molar-refractivity contribution >= 4 is 23.4 Å². The van der Waals surface area contributed by atoms with Crippen LogP contribution in [0.5, 0.6) is 0 Å². The maximum Gasteiger partial charge on any atom is 0.344 e. The number of nitrogens with one attached hydrogen (secondary N) is 2. The van der Waals surface area contributed by atoms with E-state index in [1.165, 1.54) is 11.8 Å². The third-order valence-electron chi connectivity index (χ3n) is 4.42. The molecule has 0 bridgehead atoms. The number of benzene rings is 1. The molecule has 3 rings (SSSR count). The van der Waals surface area contributed by atoms with E-state index in [1.54, 1.807) is 11.5 Å². The molecule has 2 atom stereocenters. The van der Waals surface area contributed by atoms with E-state index >= 15 is 0 Å². The van der Waals surface area contributed by atoms with Crippen molar-refractivity contribution in [3.63, 3.8) is 0 Å². The number of thioether (sulfide) groups is 1. The lowest BCUT2D eigenvalue weighted by molar-refractivity contribution is -0.115. The Bertz CT molecular complexity index is 839. The summed E-state index contributed by atoms with van der Waals surface area (Å²) in [7, 11) is 0. The highest BCUT2D eigenvalue weighted by Gasteiger charge is 2.23. The van der Waals surface area contributed by atoms with Gasteiger partial charge in [-0.1, -0.05) is 29.5 Å². The van der Waals surface area contributed by atoms with Gasteiger partial charge in [-0.3, -0.25) is 9.36 Å². The molecule has 0 aliphatic carbocycles. The summed E-state index contributed by atoms with van der Waals surface area (Å²) in [6, 6.07) is 5.90. The second-order valence-electron chi connectivity index (χ2n) is 6.62. The van der Waals surface area contributed by atoms with E-state index in [-0.39, 0.29) is 17.7 Å². The quantitative estimate of drug-likeness (QED) is 0.756. The van der Waals surface area contributed by atoms with Crippen molar-refractivity contribution in [3.8, 4) is 0 Å². The van der Waals surface area contributed by atoms with Crippen molar-refractivity contribution in [1.29, 1.82) is 0 Å². The fraction of sp³-hybridized carbons (Fsp3) is 0.500. The summed E-state index contributed by atoms with van der Waals surface area (Å²) in [4.78, 5) is 24.6. The lowest BCUT2D eigenvalue weighted by atomic mass is 10.1. The molecule has 2 heterocycles. The molecule has 0 spiro atoms. The second kappa shape index (κ2) is 8.09. The fourth-order valence-corrected chi connectivity index (χ4v) is 3.81. The highest BCUT2D eigenvalue weighted by Crippen LogP contribution is 2.24. The van der Waals surface area contributed by atoms with Crippen LogP contribution in [0.4, 0.5) is 5.69 Å². The molecule has 1 fully saturated rings. The molecule has 8 heteroatoms. The van der Waals surface area contributed by atoms with Crippen LogP contribution in [0, 0.1) is 13.8 Å². The Morgan fingerprint density at radius 2 is 2.31 bits per heavy atom. The van der Waals surface area contributed by atoms with Gasteiger partial charge in [0.2, 0.25) is 5.91 Å². The van der Waals surface area contributed by atoms with E-state index in [1.807, 2.05) is 32.0 Å². The molecule has 0 unspecified atom stereocenters. The van der Waals surface area contributed by atoms with Gasteiger partial charge in [-0.2, -0.15) is 0 Å². The molecular formula is C18H24N4O3S. The van der Waals surface area contributed by atoms with Gasteiger partial charge in [-0.15, -0.1) is 5.10 Å². The van der Waals surface area contributed by atoms with Gasteiger partial charge in [0.25, 0.3) is 0 Å². The number of anilines is 1. The van der Waals surface area contributed by atoms with E-state index in [0.717, 1.165) is 36.3 Å². The molecule has 2 aromatic rings. The number of rotatable bonds is 6. The van der Waals surface area contributed by atoms with Gasteiger partial charge < -0.3 is 10.1 Å². The zero-order valence-electron chi connectivity index (χ0n) is 15.2. The Morgan fingerprint density at radius 3 is 3.00 bits per heavy atom. The lowest BCUT2D eigenvalue weighted by Crippen LogP contribution is -2.27. The predicted octanol–water partition coefficient (Wildman–Crippen LogP) is 2.49. The highest BCUT2D eigenvalue weighted by molar-refractivity contribution is 8.00. The van der Waals surface area contributed by atoms with Crippen LogP contribution in [0.15, 0.2) is 28.2 Å². The van der Waals surface area contributed by atoms with Crippen molar-refractivity contribution in [3.05, 3.63) is 39.8 Å². The average molecular weight is 376 g/mol. The molecule has 0 radical (unpaired) electrons. The van der Waals surface area contributed by atoms with Gasteiger partial charge >= 0.3 is 5.69 Å². The first kappa shape index (κ1) is 18.7. The minimum atomic E-state index is -0.394. The third-order valence-corrected chi connectivity index (χ3v) is 5.51. The SMILES string of the molecule is Cc1ccc(NC(=O)[C@@H](C)Sc2n[nH]c(=O)n2C[C@@H]2CCCO2)c(C)c1. The second-order valence-corrected chi connectivity index (χ2v) is 7.93. The Kier molecular flexibility index (Phi) is 5.83. The predicted molar refractivity (Wildman–Crippen MR) is 102 cm³/mol. The molecule has 1 aliphatic heterocycles. The summed E-state index contributed by atoms with van der Waals surface area (Å²) in [5.74, 6) is -0.124. The van der Waals surface area contributed by atoms with Crippen molar-refractivity contribution in [2.24, 2.45) is 0 Å². The molecule has 0 saturated carbocycles. The maximum absolute atomic E-state index is 12.5. The van der Waals surface area contributed by atoms with Gasteiger partial charge in [0.1, 0.15) is 0 Å². The molecular weight excluding hydrogens is 352 g/mol. The van der Waals surface area contributed by atoms with Crippen LogP contribution in [-0.4, -0.2) is 38.6 Å². The molecule has 1 saturated heterocycles. The molecule has 1 aromatic carbocycles. The summed E-state index contributed by atoms with van der Waals surface area (Å²) in [6.07, 6.45) is 1.97. The summed E-state index contributed by atoms with van der Waals surface area (Å²) in [5, 5.41) is 9.60. The largest absolute Gasteiger partial charge is 0.376 e. The number of hydrogen-bond donors (Lipinski definition) is 2. The van der Waals surface area contributed by atoms with Crippen molar-refractivity contribution in [1.82, 2.24) is 14.8 Å². The van der Waals surface area contributed by atoms with Gasteiger partial charge in [-0.05, 0) is 45.2 Å². The normalized spacial score (nSPS) is 18.0. The van der Waals surface area contributed by atoms with Crippen LogP contribution < -0.4 is 11.0 Å². The third kappa shape index (κ3) is 4.37. The van der Waals surface area contributed by atoms with Crippen LogP contribution in [0.3, 0.4) is 0 Å². The number of carbonyl (C=O) groups is 1. The number of carbonyl (C=O) groups excluding carboxylic acids is 1. The van der Waals surface area contributed by atoms with E-state index in [2.05, 4.69) is 15.5 Å². The minimum Gasteiger partial charge on any atom is -0.376 e. The average Bonchev–Trinajstić information content (AvgIpc) is 3.22. The number of ether oxygens (including phenoxy) is 1. The van der Waals surface area contributed by atoms with E-state index in [4.69, 9.17) is 4.74 Å². The van der Waals surface area contributed by atoms with E-state index in [0.29, 0.717) is 11.7 Å². The fourth-order valence-electron chi connectivity index (χ4n) is 2.95. The molecule has 1 aromatic heterocycles. The maximum atomic E-state index is 12.5. The summed E-state index contributed by atoms with van der Waals surface area (Å²) >= 11 is 1.26. The first-order valence-electron chi connectivity index (χ1n) is 8.75. The number of amides is 1. The number of aromatic amines is 1. The zero-order chi connectivity index (χ0) is 18.7. The number of H-pyrrole nitrogens is 1.